The van der Waals surface area contributed by atoms with Gasteiger partial charge in [-0.05, 0) is 24.3 Å². The average molecular weight is 342 g/mol. The van der Waals surface area contributed by atoms with Crippen LogP contribution in [0.3, 0.4) is 0 Å². The predicted octanol–water partition coefficient (Wildman–Crippen LogP) is 2.81. The van der Waals surface area contributed by atoms with Crippen LogP contribution in [0, 0.1) is 0 Å². The maximum atomic E-state index is 11.9. The molecule has 0 aliphatic rings. The number of carbonyl (C=O) groups is 3. The summed E-state index contributed by atoms with van der Waals surface area (Å²) in [7, 11) is 0. The summed E-state index contributed by atoms with van der Waals surface area (Å²) in [4.78, 5) is 34.7. The van der Waals surface area contributed by atoms with Crippen LogP contribution in [0.15, 0.2) is 55.1 Å². The summed E-state index contributed by atoms with van der Waals surface area (Å²) in [6, 6.07) is 11.7. The lowest BCUT2D eigenvalue weighted by molar-refractivity contribution is -0.144. The molecule has 0 heterocycles. The first-order valence-corrected chi connectivity index (χ1v) is 7.09. The van der Waals surface area contributed by atoms with Crippen molar-refractivity contribution in [1.29, 1.82) is 0 Å². The van der Waals surface area contributed by atoms with Crippen molar-refractivity contribution in [2.75, 3.05) is 0 Å². The quantitative estimate of drug-likeness (QED) is 0.359. The van der Waals surface area contributed by atoms with E-state index in [0.717, 1.165) is 0 Å². The molecule has 2 rings (SSSR count). The van der Waals surface area contributed by atoms with E-state index in [1.54, 1.807) is 12.1 Å². The monoisotopic (exact) mass is 342 g/mol. The molecule has 2 aromatic carbocycles. The average Bonchev–Trinajstić information content (AvgIpc) is 2.55. The summed E-state index contributed by atoms with van der Waals surface area (Å²) in [5.74, 6) is -3.58. The molecule has 0 unspecified atom stereocenters. The Labute approximate surface area is 142 Å². The topological polar surface area (TPSA) is 110 Å². The molecular formula is C18H14O7. The molecule has 0 aliphatic heterocycles. The van der Waals surface area contributed by atoms with Gasteiger partial charge < -0.3 is 19.7 Å². The van der Waals surface area contributed by atoms with E-state index in [1.807, 2.05) is 0 Å². The Morgan fingerprint density at radius 1 is 0.800 bits per heavy atom. The van der Waals surface area contributed by atoms with Gasteiger partial charge in [0.1, 0.15) is 29.2 Å². The third-order valence-electron chi connectivity index (χ3n) is 3.05. The van der Waals surface area contributed by atoms with Crippen LogP contribution in [-0.4, -0.2) is 28.1 Å². The molecule has 0 amide bonds. The van der Waals surface area contributed by atoms with Gasteiger partial charge in [-0.25, -0.2) is 4.79 Å². The van der Waals surface area contributed by atoms with Crippen LogP contribution in [0.2, 0.25) is 0 Å². The Hall–Kier alpha value is -3.61. The van der Waals surface area contributed by atoms with Crippen molar-refractivity contribution in [3.63, 3.8) is 0 Å². The SMILES string of the molecule is C=C(O)c1ccccc1OC(=O)CC(=O)Oc1ccccc1C(=O)O. The van der Waals surface area contributed by atoms with E-state index in [1.165, 1.54) is 36.4 Å². The summed E-state index contributed by atoms with van der Waals surface area (Å²) in [6.45, 7) is 3.35. The molecule has 0 aromatic heterocycles. The molecular weight excluding hydrogens is 328 g/mol. The molecule has 2 N–H and O–H groups in total. The number of benzene rings is 2. The zero-order valence-electron chi connectivity index (χ0n) is 13.0. The molecule has 0 spiro atoms. The Balaban J connectivity index is 2.03. The number of hydrogen-bond acceptors (Lipinski definition) is 6. The van der Waals surface area contributed by atoms with Gasteiger partial charge in [0.15, 0.2) is 0 Å². The number of carboxylic acids is 1. The van der Waals surface area contributed by atoms with Crippen LogP contribution in [-0.2, 0) is 9.59 Å². The van der Waals surface area contributed by atoms with Gasteiger partial charge in [0.2, 0.25) is 0 Å². The number of esters is 2. The van der Waals surface area contributed by atoms with Crippen LogP contribution < -0.4 is 9.47 Å². The Morgan fingerprint density at radius 3 is 1.72 bits per heavy atom. The number of para-hydroxylation sites is 2. The molecule has 128 valence electrons. The highest BCUT2D eigenvalue weighted by molar-refractivity contribution is 5.96. The van der Waals surface area contributed by atoms with Crippen molar-refractivity contribution in [3.05, 3.63) is 66.2 Å². The number of carbonyl (C=O) groups excluding carboxylic acids is 2. The molecule has 0 bridgehead atoms. The second kappa shape index (κ2) is 7.78. The summed E-state index contributed by atoms with van der Waals surface area (Å²) >= 11 is 0. The van der Waals surface area contributed by atoms with Crippen LogP contribution in [0.5, 0.6) is 11.5 Å². The zero-order chi connectivity index (χ0) is 18.4. The van der Waals surface area contributed by atoms with Crippen molar-refractivity contribution in [2.24, 2.45) is 0 Å². The third kappa shape index (κ3) is 4.68. The van der Waals surface area contributed by atoms with E-state index in [-0.39, 0.29) is 28.4 Å². The Morgan fingerprint density at radius 2 is 1.24 bits per heavy atom. The lowest BCUT2D eigenvalue weighted by Crippen LogP contribution is -2.19. The maximum Gasteiger partial charge on any atom is 0.339 e. The highest BCUT2D eigenvalue weighted by Crippen LogP contribution is 2.24. The molecule has 7 nitrogen and oxygen atoms in total. The molecule has 7 heteroatoms. The molecule has 0 saturated carbocycles. The summed E-state index contributed by atoms with van der Waals surface area (Å²) in [6.07, 6.45) is -0.736. The zero-order valence-corrected chi connectivity index (χ0v) is 13.0. The predicted molar refractivity (Wildman–Crippen MR) is 87.4 cm³/mol. The molecule has 0 saturated heterocycles. The maximum absolute atomic E-state index is 11.9. The van der Waals surface area contributed by atoms with Crippen LogP contribution >= 0.6 is 0 Å². The van der Waals surface area contributed by atoms with Gasteiger partial charge in [-0.2, -0.15) is 0 Å². The fourth-order valence-electron chi connectivity index (χ4n) is 1.96. The van der Waals surface area contributed by atoms with Gasteiger partial charge in [0.05, 0.1) is 5.56 Å². The van der Waals surface area contributed by atoms with E-state index in [4.69, 9.17) is 14.6 Å². The van der Waals surface area contributed by atoms with Crippen molar-refractivity contribution in [2.45, 2.75) is 6.42 Å². The van der Waals surface area contributed by atoms with Gasteiger partial charge >= 0.3 is 17.9 Å². The first-order valence-electron chi connectivity index (χ1n) is 7.09. The highest BCUT2D eigenvalue weighted by Gasteiger charge is 2.19. The minimum absolute atomic E-state index is 0.0405. The van der Waals surface area contributed by atoms with E-state index >= 15 is 0 Å². The Kier molecular flexibility index (Phi) is 5.52. The smallest absolute Gasteiger partial charge is 0.339 e. The van der Waals surface area contributed by atoms with Crippen LogP contribution in [0.4, 0.5) is 0 Å². The van der Waals surface area contributed by atoms with E-state index < -0.39 is 24.3 Å². The third-order valence-corrected chi connectivity index (χ3v) is 3.05. The minimum Gasteiger partial charge on any atom is -0.508 e. The van der Waals surface area contributed by atoms with E-state index in [2.05, 4.69) is 6.58 Å². The molecule has 0 atom stereocenters. The fraction of sp³-hybridized carbons (Fsp3) is 0.0556. The highest BCUT2D eigenvalue weighted by atomic mass is 16.6. The van der Waals surface area contributed by atoms with Gasteiger partial charge in [-0.15, -0.1) is 0 Å². The first-order chi connectivity index (χ1) is 11.9. The molecule has 25 heavy (non-hydrogen) atoms. The van der Waals surface area contributed by atoms with E-state index in [0.29, 0.717) is 0 Å². The van der Waals surface area contributed by atoms with Crippen LogP contribution in [0.1, 0.15) is 22.3 Å². The van der Waals surface area contributed by atoms with Crippen molar-refractivity contribution in [3.8, 4) is 11.5 Å². The number of hydrogen-bond donors (Lipinski definition) is 2. The lowest BCUT2D eigenvalue weighted by Gasteiger charge is -2.09. The number of aromatic carboxylic acids is 1. The second-order valence-corrected chi connectivity index (χ2v) is 4.87. The van der Waals surface area contributed by atoms with Gasteiger partial charge in [-0.1, -0.05) is 30.8 Å². The summed E-state index contributed by atoms with van der Waals surface area (Å²) in [5, 5.41) is 18.5. The lowest BCUT2D eigenvalue weighted by atomic mass is 10.2. The molecule has 0 fully saturated rings. The van der Waals surface area contributed by atoms with Gasteiger partial charge in [-0.3, -0.25) is 9.59 Å². The fourth-order valence-corrected chi connectivity index (χ4v) is 1.96. The largest absolute Gasteiger partial charge is 0.508 e. The summed E-state index contributed by atoms with van der Waals surface area (Å²) < 4.78 is 9.92. The van der Waals surface area contributed by atoms with Gasteiger partial charge in [0, 0.05) is 0 Å². The summed E-state index contributed by atoms with van der Waals surface area (Å²) in [5.41, 5.74) is 0.00610. The number of aliphatic hydroxyl groups is 1. The van der Waals surface area contributed by atoms with Crippen molar-refractivity contribution < 1.29 is 34.1 Å². The number of aliphatic hydroxyl groups excluding tert-OH is 1. The van der Waals surface area contributed by atoms with Crippen molar-refractivity contribution >= 4 is 23.7 Å². The van der Waals surface area contributed by atoms with Crippen LogP contribution in [0.25, 0.3) is 5.76 Å². The van der Waals surface area contributed by atoms with Gasteiger partial charge in [0.25, 0.3) is 0 Å². The number of ether oxygens (including phenoxy) is 2. The Bertz CT molecular complexity index is 769. The van der Waals surface area contributed by atoms with Crippen molar-refractivity contribution in [1.82, 2.24) is 0 Å². The molecule has 0 aliphatic carbocycles. The minimum atomic E-state index is -1.26. The number of carboxylic acid groups (broad SMARTS) is 1. The standard InChI is InChI=1S/C18H14O7/c1-11(19)12-6-2-4-8-14(12)24-16(20)10-17(21)25-15-9-5-3-7-13(15)18(22)23/h2-9,19H,1,10H2,(H,22,23). The van der Waals surface area contributed by atoms with E-state index in [9.17, 15) is 19.5 Å². The second-order valence-electron chi connectivity index (χ2n) is 4.87. The number of rotatable bonds is 6. The molecule has 2 aromatic rings. The molecule has 0 radical (unpaired) electrons. The first kappa shape index (κ1) is 17.7. The normalized spacial score (nSPS) is 9.92.